The standard InChI is InChI=1S/C14H20N2/c1-5-9-13(11-15-7-3)14(10-6-2)12-16-8-4/h5-12H,1-4H3/b9-5-,10-6-,13-11-,14-12+,15-7-,16-8-. The quantitative estimate of drug-likeness (QED) is 0.488. The zero-order valence-electron chi connectivity index (χ0n) is 10.5. The molecule has 0 aliphatic carbocycles. The molecule has 2 nitrogen and oxygen atoms in total. The number of aliphatic imine (C=N–C) groups is 2. The molecule has 0 heterocycles. The van der Waals surface area contributed by atoms with Crippen LogP contribution in [-0.2, 0) is 0 Å². The predicted molar refractivity (Wildman–Crippen MR) is 74.1 cm³/mol. The van der Waals surface area contributed by atoms with E-state index in [-0.39, 0.29) is 0 Å². The minimum atomic E-state index is 1.05. The summed E-state index contributed by atoms with van der Waals surface area (Å²) in [6.45, 7) is 7.76. The first-order valence-electron chi connectivity index (χ1n) is 5.41. The van der Waals surface area contributed by atoms with Gasteiger partial charge in [-0.3, -0.25) is 9.98 Å². The summed E-state index contributed by atoms with van der Waals surface area (Å²) in [4.78, 5) is 8.27. The predicted octanol–water partition coefficient (Wildman–Crippen LogP) is 4.09. The van der Waals surface area contributed by atoms with Gasteiger partial charge >= 0.3 is 0 Å². The van der Waals surface area contributed by atoms with Crippen LogP contribution in [-0.4, -0.2) is 12.4 Å². The Morgan fingerprint density at radius 1 is 0.688 bits per heavy atom. The van der Waals surface area contributed by atoms with Crippen LogP contribution in [0.15, 0.2) is 57.8 Å². The second kappa shape index (κ2) is 9.84. The van der Waals surface area contributed by atoms with Gasteiger partial charge in [0.05, 0.1) is 0 Å². The summed E-state index contributed by atoms with van der Waals surface area (Å²) in [7, 11) is 0. The van der Waals surface area contributed by atoms with Crippen LogP contribution in [0.1, 0.15) is 27.7 Å². The smallest absolute Gasteiger partial charge is 0.0342 e. The number of allylic oxidation sites excluding steroid dienone is 6. The highest BCUT2D eigenvalue weighted by molar-refractivity contribution is 5.57. The van der Waals surface area contributed by atoms with Gasteiger partial charge in [-0.05, 0) is 27.7 Å². The topological polar surface area (TPSA) is 24.7 Å². The Bertz CT molecular complexity index is 317. The highest BCUT2D eigenvalue weighted by Crippen LogP contribution is 2.14. The van der Waals surface area contributed by atoms with Crippen molar-refractivity contribution in [3.8, 4) is 0 Å². The zero-order chi connectivity index (χ0) is 12.2. The van der Waals surface area contributed by atoms with E-state index in [1.54, 1.807) is 12.4 Å². The molecule has 0 saturated carbocycles. The lowest BCUT2D eigenvalue weighted by molar-refractivity contribution is 1.40. The maximum Gasteiger partial charge on any atom is 0.0342 e. The number of nitrogens with zero attached hydrogens (tertiary/aromatic N) is 2. The first kappa shape index (κ1) is 14.3. The van der Waals surface area contributed by atoms with Gasteiger partial charge in [0, 0.05) is 36.0 Å². The van der Waals surface area contributed by atoms with Crippen LogP contribution in [0.5, 0.6) is 0 Å². The lowest BCUT2D eigenvalue weighted by Gasteiger charge is -2.00. The maximum absolute atomic E-state index is 4.14. The number of rotatable bonds is 5. The van der Waals surface area contributed by atoms with Gasteiger partial charge in [0.1, 0.15) is 0 Å². The molecule has 0 saturated heterocycles. The van der Waals surface area contributed by atoms with Crippen molar-refractivity contribution in [2.75, 3.05) is 0 Å². The molecule has 0 bridgehead atoms. The molecule has 86 valence electrons. The SMILES string of the molecule is C\C=C/C(=C/N=C\C)C(/C=C\C)=C/N=C\C. The summed E-state index contributed by atoms with van der Waals surface area (Å²) in [5, 5.41) is 0. The Hall–Kier alpha value is -1.70. The van der Waals surface area contributed by atoms with Gasteiger partial charge in [-0.2, -0.15) is 0 Å². The average Bonchev–Trinajstić information content (AvgIpc) is 2.30. The molecule has 0 amide bonds. The van der Waals surface area contributed by atoms with E-state index < -0.39 is 0 Å². The summed E-state index contributed by atoms with van der Waals surface area (Å²) in [5.74, 6) is 0. The van der Waals surface area contributed by atoms with Crippen molar-refractivity contribution in [3.05, 3.63) is 47.9 Å². The van der Waals surface area contributed by atoms with E-state index in [1.165, 1.54) is 0 Å². The Morgan fingerprint density at radius 2 is 1.06 bits per heavy atom. The molecule has 2 heteroatoms. The zero-order valence-corrected chi connectivity index (χ0v) is 10.5. The molecule has 0 unspecified atom stereocenters. The lowest BCUT2D eigenvalue weighted by Crippen LogP contribution is -1.83. The lowest BCUT2D eigenvalue weighted by atomic mass is 10.1. The first-order chi connectivity index (χ1) is 7.79. The number of hydrogen-bond acceptors (Lipinski definition) is 2. The molecule has 0 aromatic rings. The van der Waals surface area contributed by atoms with E-state index in [0.29, 0.717) is 0 Å². The molecule has 0 N–H and O–H groups in total. The Morgan fingerprint density at radius 3 is 1.31 bits per heavy atom. The van der Waals surface area contributed by atoms with E-state index >= 15 is 0 Å². The third kappa shape index (κ3) is 5.91. The third-order valence-electron chi connectivity index (χ3n) is 1.75. The van der Waals surface area contributed by atoms with Crippen molar-refractivity contribution < 1.29 is 0 Å². The second-order valence-corrected chi connectivity index (χ2v) is 2.98. The fourth-order valence-corrected chi connectivity index (χ4v) is 1.10. The van der Waals surface area contributed by atoms with Crippen molar-refractivity contribution in [1.29, 1.82) is 0 Å². The van der Waals surface area contributed by atoms with E-state index in [1.807, 2.05) is 64.4 Å². The van der Waals surface area contributed by atoms with Crippen molar-refractivity contribution in [3.63, 3.8) is 0 Å². The Labute approximate surface area is 98.5 Å². The highest BCUT2D eigenvalue weighted by Gasteiger charge is 1.96. The molecule has 0 aromatic heterocycles. The van der Waals surface area contributed by atoms with Crippen molar-refractivity contribution in [2.24, 2.45) is 9.98 Å². The monoisotopic (exact) mass is 216 g/mol. The first-order valence-corrected chi connectivity index (χ1v) is 5.41. The Kier molecular flexibility index (Phi) is 8.79. The molecular weight excluding hydrogens is 196 g/mol. The van der Waals surface area contributed by atoms with Crippen LogP contribution in [0.2, 0.25) is 0 Å². The summed E-state index contributed by atoms with van der Waals surface area (Å²) in [6, 6.07) is 0. The third-order valence-corrected chi connectivity index (χ3v) is 1.75. The second-order valence-electron chi connectivity index (χ2n) is 2.98. The summed E-state index contributed by atoms with van der Waals surface area (Å²) >= 11 is 0. The van der Waals surface area contributed by atoms with Gasteiger partial charge < -0.3 is 0 Å². The molecule has 0 fully saturated rings. The maximum atomic E-state index is 4.14. The minimum absolute atomic E-state index is 1.05. The van der Waals surface area contributed by atoms with E-state index in [2.05, 4.69) is 9.98 Å². The van der Waals surface area contributed by atoms with Crippen molar-refractivity contribution in [1.82, 2.24) is 0 Å². The van der Waals surface area contributed by atoms with Gasteiger partial charge in [-0.25, -0.2) is 0 Å². The molecule has 16 heavy (non-hydrogen) atoms. The fourth-order valence-electron chi connectivity index (χ4n) is 1.10. The van der Waals surface area contributed by atoms with E-state index in [9.17, 15) is 0 Å². The molecule has 0 spiro atoms. The summed E-state index contributed by atoms with van der Waals surface area (Å²) in [6.07, 6.45) is 15.2. The van der Waals surface area contributed by atoms with Crippen LogP contribution in [0, 0.1) is 0 Å². The van der Waals surface area contributed by atoms with Crippen LogP contribution in [0.25, 0.3) is 0 Å². The fraction of sp³-hybridized carbons (Fsp3) is 0.286. The van der Waals surface area contributed by atoms with Gasteiger partial charge in [0.15, 0.2) is 0 Å². The van der Waals surface area contributed by atoms with E-state index in [0.717, 1.165) is 11.1 Å². The highest BCUT2D eigenvalue weighted by atomic mass is 14.7. The van der Waals surface area contributed by atoms with Gasteiger partial charge in [-0.15, -0.1) is 0 Å². The van der Waals surface area contributed by atoms with Crippen LogP contribution in [0.3, 0.4) is 0 Å². The molecule has 0 aliphatic heterocycles. The van der Waals surface area contributed by atoms with Crippen LogP contribution < -0.4 is 0 Å². The van der Waals surface area contributed by atoms with Crippen LogP contribution in [0.4, 0.5) is 0 Å². The van der Waals surface area contributed by atoms with E-state index in [4.69, 9.17) is 0 Å². The Balaban J connectivity index is 5.25. The van der Waals surface area contributed by atoms with Crippen molar-refractivity contribution >= 4 is 12.4 Å². The van der Waals surface area contributed by atoms with Gasteiger partial charge in [0.2, 0.25) is 0 Å². The molecule has 0 aromatic carbocycles. The molecule has 0 aliphatic rings. The molecule has 0 atom stereocenters. The average molecular weight is 216 g/mol. The summed E-state index contributed by atoms with van der Waals surface area (Å²) in [5.41, 5.74) is 2.09. The van der Waals surface area contributed by atoms with Crippen molar-refractivity contribution in [2.45, 2.75) is 27.7 Å². The largest absolute Gasteiger partial charge is 0.269 e. The minimum Gasteiger partial charge on any atom is -0.269 e. The van der Waals surface area contributed by atoms with Gasteiger partial charge in [0.25, 0.3) is 0 Å². The van der Waals surface area contributed by atoms with Gasteiger partial charge in [-0.1, -0.05) is 24.3 Å². The molecule has 0 radical (unpaired) electrons. The number of hydrogen-bond donors (Lipinski definition) is 0. The summed E-state index contributed by atoms with van der Waals surface area (Å²) < 4.78 is 0. The molecule has 0 rings (SSSR count). The van der Waals surface area contributed by atoms with Crippen LogP contribution >= 0.6 is 0 Å². The molecular formula is C14H20N2. The normalized spacial score (nSPS) is 15.2.